The van der Waals surface area contributed by atoms with Crippen molar-refractivity contribution >= 4 is 11.3 Å². The number of hydrogen-bond acceptors (Lipinski definition) is 5. The monoisotopic (exact) mass is 263 g/mol. The van der Waals surface area contributed by atoms with E-state index in [2.05, 4.69) is 10.4 Å². The summed E-state index contributed by atoms with van der Waals surface area (Å²) in [5.74, 6) is 6.56. The fraction of sp³-hybridized carbons (Fsp3) is 0.308. The number of nitrogens with one attached hydrogen (secondary N) is 1. The number of nitrogens with two attached hydrogens (primary N) is 1. The second kappa shape index (κ2) is 5.95. The van der Waals surface area contributed by atoms with Gasteiger partial charge in [0.2, 0.25) is 0 Å². The second-order valence-electron chi connectivity index (χ2n) is 3.87. The lowest BCUT2D eigenvalue weighted by Crippen LogP contribution is -2.29. The van der Waals surface area contributed by atoms with Gasteiger partial charge in [-0.05, 0) is 19.9 Å². The van der Waals surface area contributed by atoms with Crippen molar-refractivity contribution in [3.05, 3.63) is 45.9 Å². The van der Waals surface area contributed by atoms with Gasteiger partial charge in [-0.25, -0.2) is 10.4 Å². The lowest BCUT2D eigenvalue weighted by molar-refractivity contribution is 0.333. The van der Waals surface area contributed by atoms with Crippen LogP contribution in [0.2, 0.25) is 0 Å². The number of rotatable bonds is 5. The normalized spacial score (nSPS) is 12.4. The molecule has 0 aliphatic carbocycles. The zero-order valence-corrected chi connectivity index (χ0v) is 11.3. The molecule has 0 fully saturated rings. The Balaban J connectivity index is 2.42. The topological polar surface area (TPSA) is 60.2 Å². The summed E-state index contributed by atoms with van der Waals surface area (Å²) in [6.45, 7) is 4.59. The molecule has 0 aliphatic rings. The zero-order chi connectivity index (χ0) is 13.0. The van der Waals surface area contributed by atoms with Crippen LogP contribution >= 0.6 is 11.3 Å². The van der Waals surface area contributed by atoms with Gasteiger partial charge in [0.1, 0.15) is 5.75 Å². The molecule has 1 aromatic heterocycles. The molecule has 1 unspecified atom stereocenters. The van der Waals surface area contributed by atoms with Crippen molar-refractivity contribution < 1.29 is 4.74 Å². The minimum Gasteiger partial charge on any atom is -0.494 e. The van der Waals surface area contributed by atoms with Crippen LogP contribution in [0.5, 0.6) is 5.75 Å². The summed E-state index contributed by atoms with van der Waals surface area (Å²) in [7, 11) is 0. The molecule has 2 rings (SSSR count). The Morgan fingerprint density at radius 3 is 2.83 bits per heavy atom. The molecule has 4 nitrogen and oxygen atoms in total. The molecular weight excluding hydrogens is 246 g/mol. The van der Waals surface area contributed by atoms with Crippen molar-refractivity contribution in [3.63, 3.8) is 0 Å². The first-order valence-corrected chi connectivity index (χ1v) is 6.73. The first-order chi connectivity index (χ1) is 8.77. The molecule has 96 valence electrons. The highest BCUT2D eigenvalue weighted by molar-refractivity contribution is 7.09. The summed E-state index contributed by atoms with van der Waals surface area (Å²) < 4.78 is 5.65. The van der Waals surface area contributed by atoms with Gasteiger partial charge in [-0.2, -0.15) is 0 Å². The van der Waals surface area contributed by atoms with Gasteiger partial charge >= 0.3 is 0 Å². The molecule has 1 atom stereocenters. The number of aryl methyl sites for hydroxylation is 1. The summed E-state index contributed by atoms with van der Waals surface area (Å²) in [6.07, 6.45) is 0. The van der Waals surface area contributed by atoms with E-state index in [-0.39, 0.29) is 6.04 Å². The number of ether oxygens (including phenoxy) is 1. The molecule has 0 aliphatic heterocycles. The SMILES string of the molecule is CCOc1ccccc1C(NN)c1scnc1C. The first kappa shape index (κ1) is 13.0. The van der Waals surface area contributed by atoms with Crippen molar-refractivity contribution in [2.24, 2.45) is 5.84 Å². The van der Waals surface area contributed by atoms with Crippen LogP contribution in [0, 0.1) is 6.92 Å². The quantitative estimate of drug-likeness (QED) is 0.642. The molecule has 18 heavy (non-hydrogen) atoms. The first-order valence-electron chi connectivity index (χ1n) is 5.85. The van der Waals surface area contributed by atoms with Crippen LogP contribution in [0.15, 0.2) is 29.8 Å². The Morgan fingerprint density at radius 2 is 2.22 bits per heavy atom. The van der Waals surface area contributed by atoms with Crippen molar-refractivity contribution in [1.82, 2.24) is 10.4 Å². The maximum Gasteiger partial charge on any atom is 0.124 e. The average Bonchev–Trinajstić information content (AvgIpc) is 2.79. The van der Waals surface area contributed by atoms with Crippen LogP contribution in [0.3, 0.4) is 0 Å². The van der Waals surface area contributed by atoms with E-state index < -0.39 is 0 Å². The van der Waals surface area contributed by atoms with Crippen LogP contribution in [0.1, 0.15) is 29.1 Å². The number of para-hydroxylation sites is 1. The maximum absolute atomic E-state index is 5.70. The summed E-state index contributed by atoms with van der Waals surface area (Å²) in [5.41, 5.74) is 6.71. The Labute approximate surface area is 111 Å². The van der Waals surface area contributed by atoms with Gasteiger partial charge < -0.3 is 4.74 Å². The largest absolute Gasteiger partial charge is 0.494 e. The smallest absolute Gasteiger partial charge is 0.124 e. The number of hydrogen-bond donors (Lipinski definition) is 2. The van der Waals surface area contributed by atoms with Gasteiger partial charge in [-0.3, -0.25) is 5.84 Å². The third-order valence-electron chi connectivity index (χ3n) is 2.74. The molecule has 1 aromatic carbocycles. The Bertz CT molecular complexity index is 512. The minimum absolute atomic E-state index is 0.0831. The fourth-order valence-corrected chi connectivity index (χ4v) is 2.78. The van der Waals surface area contributed by atoms with E-state index in [9.17, 15) is 0 Å². The van der Waals surface area contributed by atoms with E-state index in [4.69, 9.17) is 10.6 Å². The molecular formula is C13H17N3OS. The van der Waals surface area contributed by atoms with Crippen molar-refractivity contribution in [1.29, 1.82) is 0 Å². The molecule has 3 N–H and O–H groups in total. The standard InChI is InChI=1S/C13H17N3OS/c1-3-17-11-7-5-4-6-10(11)12(16-14)13-9(2)15-8-18-13/h4-8,12,16H,3,14H2,1-2H3. The van der Waals surface area contributed by atoms with E-state index >= 15 is 0 Å². The van der Waals surface area contributed by atoms with E-state index in [1.54, 1.807) is 11.3 Å². The van der Waals surface area contributed by atoms with Gasteiger partial charge in [-0.15, -0.1) is 11.3 Å². The highest BCUT2D eigenvalue weighted by Gasteiger charge is 2.20. The molecule has 0 saturated carbocycles. The third-order valence-corrected chi connectivity index (χ3v) is 3.74. The molecule has 2 aromatic rings. The molecule has 0 amide bonds. The number of aromatic nitrogens is 1. The van der Waals surface area contributed by atoms with Crippen molar-refractivity contribution in [3.8, 4) is 5.75 Å². The predicted octanol–water partition coefficient (Wildman–Crippen LogP) is 2.40. The van der Waals surface area contributed by atoms with Crippen LogP contribution in [-0.4, -0.2) is 11.6 Å². The summed E-state index contributed by atoms with van der Waals surface area (Å²) in [4.78, 5) is 5.38. The van der Waals surface area contributed by atoms with E-state index in [1.165, 1.54) is 0 Å². The molecule has 0 spiro atoms. The van der Waals surface area contributed by atoms with Crippen LogP contribution in [-0.2, 0) is 0 Å². The van der Waals surface area contributed by atoms with Crippen LogP contribution in [0.25, 0.3) is 0 Å². The Kier molecular flexibility index (Phi) is 4.30. The number of thiazole rings is 1. The van der Waals surface area contributed by atoms with Gasteiger partial charge in [0.05, 0.1) is 28.7 Å². The van der Waals surface area contributed by atoms with E-state index in [1.807, 2.05) is 43.6 Å². The second-order valence-corrected chi connectivity index (χ2v) is 4.76. The van der Waals surface area contributed by atoms with Crippen molar-refractivity contribution in [2.75, 3.05) is 6.61 Å². The number of hydrazine groups is 1. The lowest BCUT2D eigenvalue weighted by Gasteiger charge is -2.19. The molecule has 5 heteroatoms. The van der Waals surface area contributed by atoms with Gasteiger partial charge in [0.25, 0.3) is 0 Å². The van der Waals surface area contributed by atoms with E-state index in [0.29, 0.717) is 6.61 Å². The van der Waals surface area contributed by atoms with E-state index in [0.717, 1.165) is 21.9 Å². The number of nitrogens with zero attached hydrogens (tertiary/aromatic N) is 1. The predicted molar refractivity (Wildman–Crippen MR) is 73.6 cm³/mol. The van der Waals surface area contributed by atoms with Crippen LogP contribution < -0.4 is 16.0 Å². The third kappa shape index (κ3) is 2.53. The maximum atomic E-state index is 5.70. The summed E-state index contributed by atoms with van der Waals surface area (Å²) in [6, 6.07) is 7.84. The number of benzene rings is 1. The summed E-state index contributed by atoms with van der Waals surface area (Å²) in [5, 5.41) is 0. The van der Waals surface area contributed by atoms with Gasteiger partial charge in [0.15, 0.2) is 0 Å². The highest BCUT2D eigenvalue weighted by Crippen LogP contribution is 2.32. The lowest BCUT2D eigenvalue weighted by atomic mass is 10.0. The molecule has 0 saturated heterocycles. The Morgan fingerprint density at radius 1 is 1.44 bits per heavy atom. The van der Waals surface area contributed by atoms with Crippen LogP contribution in [0.4, 0.5) is 0 Å². The van der Waals surface area contributed by atoms with Gasteiger partial charge in [0, 0.05) is 5.56 Å². The summed E-state index contributed by atoms with van der Waals surface area (Å²) >= 11 is 1.59. The van der Waals surface area contributed by atoms with Crippen molar-refractivity contribution in [2.45, 2.75) is 19.9 Å². The Hall–Kier alpha value is -1.43. The molecule has 0 bridgehead atoms. The average molecular weight is 263 g/mol. The highest BCUT2D eigenvalue weighted by atomic mass is 32.1. The zero-order valence-electron chi connectivity index (χ0n) is 10.5. The minimum atomic E-state index is -0.0831. The van der Waals surface area contributed by atoms with Gasteiger partial charge in [-0.1, -0.05) is 18.2 Å². The molecule has 0 radical (unpaired) electrons. The fourth-order valence-electron chi connectivity index (χ4n) is 1.90. The molecule has 1 heterocycles.